The molecule has 0 aromatic carbocycles. The second-order valence-corrected chi connectivity index (χ2v) is 6.58. The van der Waals surface area contributed by atoms with Crippen molar-refractivity contribution >= 4 is 5.91 Å². The van der Waals surface area contributed by atoms with E-state index in [1.54, 1.807) is 6.92 Å². The van der Waals surface area contributed by atoms with Gasteiger partial charge >= 0.3 is 0 Å². The Morgan fingerprint density at radius 2 is 2.00 bits per heavy atom. The second-order valence-electron chi connectivity index (χ2n) is 6.58. The highest BCUT2D eigenvalue weighted by Crippen LogP contribution is 2.26. The van der Waals surface area contributed by atoms with Gasteiger partial charge in [0.25, 0.3) is 0 Å². The number of nitrogens with zero attached hydrogens (tertiary/aromatic N) is 2. The average Bonchev–Trinajstić information content (AvgIpc) is 2.55. The van der Waals surface area contributed by atoms with Gasteiger partial charge in [0.05, 0.1) is 25.4 Å². The molecule has 1 fully saturated rings. The van der Waals surface area contributed by atoms with E-state index < -0.39 is 24.5 Å². The number of hydrogen-bond donors (Lipinski definition) is 3. The molecular formula is C16H33N3O5. The van der Waals surface area contributed by atoms with Crippen molar-refractivity contribution in [2.45, 2.75) is 38.4 Å². The summed E-state index contributed by atoms with van der Waals surface area (Å²) in [6.07, 6.45) is -2.14. The summed E-state index contributed by atoms with van der Waals surface area (Å²) in [5.41, 5.74) is 0. The van der Waals surface area contributed by atoms with Gasteiger partial charge < -0.3 is 29.9 Å². The summed E-state index contributed by atoms with van der Waals surface area (Å²) in [5.74, 6) is -0.484. The molecule has 5 unspecified atom stereocenters. The van der Waals surface area contributed by atoms with Crippen LogP contribution in [0.4, 0.5) is 0 Å². The number of carbonyl (C=O) groups is 1. The van der Waals surface area contributed by atoms with Crippen molar-refractivity contribution in [2.75, 3.05) is 54.0 Å². The molecule has 0 aromatic heterocycles. The molecule has 3 N–H and O–H groups in total. The van der Waals surface area contributed by atoms with Crippen LogP contribution in [0.25, 0.3) is 0 Å². The number of aliphatic hydroxyl groups excluding tert-OH is 2. The third-order valence-corrected chi connectivity index (χ3v) is 4.51. The van der Waals surface area contributed by atoms with Gasteiger partial charge in [-0.15, -0.1) is 0 Å². The van der Waals surface area contributed by atoms with Crippen molar-refractivity contribution in [3.8, 4) is 0 Å². The van der Waals surface area contributed by atoms with Crippen LogP contribution in [0, 0.1) is 5.92 Å². The van der Waals surface area contributed by atoms with E-state index >= 15 is 0 Å². The summed E-state index contributed by atoms with van der Waals surface area (Å²) < 4.78 is 10.9. The number of hydrogen-bond acceptors (Lipinski definition) is 7. The Kier molecular flexibility index (Phi) is 9.11. The van der Waals surface area contributed by atoms with Crippen molar-refractivity contribution in [1.82, 2.24) is 15.1 Å². The fourth-order valence-corrected chi connectivity index (χ4v) is 2.78. The number of ether oxygens (including phenoxy) is 2. The summed E-state index contributed by atoms with van der Waals surface area (Å²) >= 11 is 0. The molecule has 0 radical (unpaired) electrons. The van der Waals surface area contributed by atoms with Crippen LogP contribution in [-0.4, -0.2) is 104 Å². The van der Waals surface area contributed by atoms with Gasteiger partial charge in [0.2, 0.25) is 5.91 Å². The maximum atomic E-state index is 12.4. The average molecular weight is 347 g/mol. The zero-order chi connectivity index (χ0) is 18.3. The van der Waals surface area contributed by atoms with Crippen LogP contribution in [0.3, 0.4) is 0 Å². The van der Waals surface area contributed by atoms with Crippen LogP contribution in [-0.2, 0) is 14.3 Å². The first-order valence-electron chi connectivity index (χ1n) is 8.47. The molecule has 1 heterocycles. The molecule has 1 rings (SSSR count). The van der Waals surface area contributed by atoms with Gasteiger partial charge in [-0.1, -0.05) is 13.8 Å². The van der Waals surface area contributed by atoms with E-state index in [1.165, 1.54) is 7.11 Å². The summed E-state index contributed by atoms with van der Waals surface area (Å²) in [6, 6.07) is -0.659. The maximum absolute atomic E-state index is 12.4. The number of nitrogens with one attached hydrogen (secondary N) is 1. The molecule has 0 aliphatic carbocycles. The van der Waals surface area contributed by atoms with E-state index in [2.05, 4.69) is 10.2 Å². The van der Waals surface area contributed by atoms with E-state index in [0.29, 0.717) is 0 Å². The molecule has 1 aliphatic rings. The second kappa shape index (κ2) is 10.3. The molecule has 0 aromatic rings. The first-order valence-corrected chi connectivity index (χ1v) is 8.47. The Morgan fingerprint density at radius 1 is 1.33 bits per heavy atom. The van der Waals surface area contributed by atoms with Crippen LogP contribution in [0.1, 0.15) is 13.8 Å². The van der Waals surface area contributed by atoms with Crippen molar-refractivity contribution < 1.29 is 24.5 Å². The quantitative estimate of drug-likeness (QED) is 0.478. The first kappa shape index (κ1) is 21.3. The minimum absolute atomic E-state index is 0.181. The third kappa shape index (κ3) is 5.94. The molecule has 0 spiro atoms. The summed E-state index contributed by atoms with van der Waals surface area (Å²) in [6.45, 7) is 6.26. The van der Waals surface area contributed by atoms with Crippen LogP contribution in [0.2, 0.25) is 0 Å². The summed E-state index contributed by atoms with van der Waals surface area (Å²) in [7, 11) is 5.44. The standard InChI is InChI=1S/C16H33N3O5/c1-6-19(8-7-18(3)4)9-13(21)17-14-15(22)11(2)12(10-20)24-16(14)23-5/h11-12,14-16,20,22H,6-10H2,1-5H3,(H,17,21). The molecule has 1 saturated heterocycles. The van der Waals surface area contributed by atoms with Crippen molar-refractivity contribution in [3.05, 3.63) is 0 Å². The van der Waals surface area contributed by atoms with Gasteiger partial charge in [0, 0.05) is 26.1 Å². The predicted octanol–water partition coefficient (Wildman–Crippen LogP) is -1.28. The first-order chi connectivity index (χ1) is 11.3. The third-order valence-electron chi connectivity index (χ3n) is 4.51. The van der Waals surface area contributed by atoms with E-state index in [9.17, 15) is 15.0 Å². The lowest BCUT2D eigenvalue weighted by Gasteiger charge is -2.42. The molecule has 1 amide bonds. The minimum Gasteiger partial charge on any atom is -0.394 e. The Balaban J connectivity index is 2.62. The van der Waals surface area contributed by atoms with Crippen LogP contribution < -0.4 is 5.32 Å². The number of aliphatic hydroxyl groups is 2. The lowest BCUT2D eigenvalue weighted by Crippen LogP contribution is -2.62. The lowest BCUT2D eigenvalue weighted by atomic mass is 9.89. The summed E-state index contributed by atoms with van der Waals surface area (Å²) in [4.78, 5) is 16.5. The van der Waals surface area contributed by atoms with E-state index in [-0.39, 0.29) is 25.0 Å². The van der Waals surface area contributed by atoms with Gasteiger partial charge in [-0.3, -0.25) is 9.69 Å². The number of likely N-dealkylation sites (N-methyl/N-ethyl adjacent to an activating group) is 2. The normalized spacial score (nSPS) is 30.8. The van der Waals surface area contributed by atoms with Gasteiger partial charge in [-0.25, -0.2) is 0 Å². The Bertz CT molecular complexity index is 381. The molecule has 24 heavy (non-hydrogen) atoms. The van der Waals surface area contributed by atoms with E-state index in [0.717, 1.165) is 19.6 Å². The highest BCUT2D eigenvalue weighted by molar-refractivity contribution is 5.78. The van der Waals surface area contributed by atoms with Crippen LogP contribution >= 0.6 is 0 Å². The van der Waals surface area contributed by atoms with Gasteiger partial charge in [-0.05, 0) is 20.6 Å². The molecule has 8 nitrogen and oxygen atoms in total. The number of rotatable bonds is 9. The molecule has 0 bridgehead atoms. The van der Waals surface area contributed by atoms with Gasteiger partial charge in [0.1, 0.15) is 6.04 Å². The lowest BCUT2D eigenvalue weighted by molar-refractivity contribution is -0.246. The van der Waals surface area contributed by atoms with Crippen molar-refractivity contribution in [3.63, 3.8) is 0 Å². The molecular weight excluding hydrogens is 314 g/mol. The van der Waals surface area contributed by atoms with Crippen molar-refractivity contribution in [2.24, 2.45) is 5.92 Å². The fraction of sp³-hybridized carbons (Fsp3) is 0.938. The molecule has 1 aliphatic heterocycles. The molecule has 8 heteroatoms. The largest absolute Gasteiger partial charge is 0.394 e. The summed E-state index contributed by atoms with van der Waals surface area (Å²) in [5, 5.41) is 22.6. The molecule has 5 atom stereocenters. The fourth-order valence-electron chi connectivity index (χ4n) is 2.78. The zero-order valence-electron chi connectivity index (χ0n) is 15.4. The molecule has 0 saturated carbocycles. The van der Waals surface area contributed by atoms with Gasteiger partial charge in [0.15, 0.2) is 6.29 Å². The molecule has 142 valence electrons. The minimum atomic E-state index is -0.846. The monoisotopic (exact) mass is 347 g/mol. The Morgan fingerprint density at radius 3 is 2.50 bits per heavy atom. The number of amides is 1. The van der Waals surface area contributed by atoms with Crippen LogP contribution in [0.15, 0.2) is 0 Å². The zero-order valence-corrected chi connectivity index (χ0v) is 15.4. The highest BCUT2D eigenvalue weighted by Gasteiger charge is 2.43. The van der Waals surface area contributed by atoms with Crippen molar-refractivity contribution in [1.29, 1.82) is 0 Å². The number of methoxy groups -OCH3 is 1. The van der Waals surface area contributed by atoms with E-state index in [1.807, 2.05) is 25.9 Å². The smallest absolute Gasteiger partial charge is 0.234 e. The maximum Gasteiger partial charge on any atom is 0.234 e. The Labute approximate surface area is 144 Å². The SMILES string of the molecule is CCN(CCN(C)C)CC(=O)NC1C(OC)OC(CO)C(C)C1O. The van der Waals surface area contributed by atoms with Crippen LogP contribution in [0.5, 0.6) is 0 Å². The Hall–Kier alpha value is -0.770. The topological polar surface area (TPSA) is 94.5 Å². The highest BCUT2D eigenvalue weighted by atomic mass is 16.7. The van der Waals surface area contributed by atoms with E-state index in [4.69, 9.17) is 9.47 Å². The predicted molar refractivity (Wildman–Crippen MR) is 90.5 cm³/mol. The number of carbonyl (C=O) groups excluding carboxylic acids is 1. The van der Waals surface area contributed by atoms with Gasteiger partial charge in [-0.2, -0.15) is 0 Å².